The van der Waals surface area contributed by atoms with Gasteiger partial charge in [0.15, 0.2) is 0 Å². The number of benzene rings is 1. The first-order valence-electron chi connectivity index (χ1n) is 8.51. The quantitative estimate of drug-likeness (QED) is 0.773. The van der Waals surface area contributed by atoms with E-state index in [1.165, 1.54) is 14.2 Å². The van der Waals surface area contributed by atoms with Crippen molar-refractivity contribution in [1.82, 2.24) is 9.55 Å². The summed E-state index contributed by atoms with van der Waals surface area (Å²) in [5, 5.41) is 0. The molecule has 0 saturated heterocycles. The van der Waals surface area contributed by atoms with Gasteiger partial charge in [0.05, 0.1) is 25.3 Å². The highest BCUT2D eigenvalue weighted by atomic mass is 16.6. The average Bonchev–Trinajstić information content (AvgIpc) is 2.89. The lowest BCUT2D eigenvalue weighted by Crippen LogP contribution is -2.26. The number of hydrogen-bond donors (Lipinski definition) is 0. The maximum absolute atomic E-state index is 12.2. The van der Waals surface area contributed by atoms with Gasteiger partial charge in [-0.15, -0.1) is 0 Å². The summed E-state index contributed by atoms with van der Waals surface area (Å²) in [4.78, 5) is 28.6. The van der Waals surface area contributed by atoms with Crippen molar-refractivity contribution in [3.8, 4) is 5.75 Å². The van der Waals surface area contributed by atoms with E-state index in [1.807, 2.05) is 34.6 Å². The zero-order chi connectivity index (χ0) is 20.1. The highest BCUT2D eigenvalue weighted by molar-refractivity contribution is 6.03. The standard InChI is InChI=1S/C17H22N2O5.C2H6/c1-10-18-15-12(16(21)23-6)7-11(22-5)8-13(15)19(10)9-14(20)24-17(2,3)4;1-2/h7-8H,9H2,1-6H3;1-2H3. The van der Waals surface area contributed by atoms with Crippen LogP contribution in [0.4, 0.5) is 0 Å². The Morgan fingerprint density at radius 3 is 2.27 bits per heavy atom. The Bertz CT molecular complexity index is 787. The summed E-state index contributed by atoms with van der Waals surface area (Å²) in [5.41, 5.74) is 0.788. The van der Waals surface area contributed by atoms with Crippen LogP contribution < -0.4 is 4.74 Å². The highest BCUT2D eigenvalue weighted by Crippen LogP contribution is 2.27. The van der Waals surface area contributed by atoms with Gasteiger partial charge in [-0.1, -0.05) is 13.8 Å². The molecule has 7 heteroatoms. The summed E-state index contributed by atoms with van der Waals surface area (Å²) >= 11 is 0. The van der Waals surface area contributed by atoms with Crippen molar-refractivity contribution in [3.63, 3.8) is 0 Å². The molecule has 1 aromatic heterocycles. The number of rotatable bonds is 4. The Morgan fingerprint density at radius 2 is 1.77 bits per heavy atom. The fourth-order valence-electron chi connectivity index (χ4n) is 2.40. The lowest BCUT2D eigenvalue weighted by Gasteiger charge is -2.20. The molecule has 0 fully saturated rings. The number of nitrogens with zero attached hydrogens (tertiary/aromatic N) is 2. The van der Waals surface area contributed by atoms with E-state index >= 15 is 0 Å². The molecule has 0 amide bonds. The molecular weight excluding hydrogens is 336 g/mol. The summed E-state index contributed by atoms with van der Waals surface area (Å²) in [6, 6.07) is 3.30. The van der Waals surface area contributed by atoms with Crippen molar-refractivity contribution in [1.29, 1.82) is 0 Å². The third-order valence-electron chi connectivity index (χ3n) is 3.37. The lowest BCUT2D eigenvalue weighted by molar-refractivity contribution is -0.155. The monoisotopic (exact) mass is 364 g/mol. The molecule has 144 valence electrons. The first kappa shape index (κ1) is 21.5. The first-order valence-corrected chi connectivity index (χ1v) is 8.51. The van der Waals surface area contributed by atoms with E-state index < -0.39 is 11.6 Å². The molecule has 0 radical (unpaired) electrons. The Hall–Kier alpha value is -2.57. The number of carbonyl (C=O) groups excluding carboxylic acids is 2. The molecule has 0 atom stereocenters. The van der Waals surface area contributed by atoms with E-state index in [1.54, 1.807) is 23.6 Å². The minimum atomic E-state index is -0.573. The van der Waals surface area contributed by atoms with Gasteiger partial charge < -0.3 is 18.8 Å². The summed E-state index contributed by atoms with van der Waals surface area (Å²) in [6.45, 7) is 11.2. The van der Waals surface area contributed by atoms with E-state index in [0.29, 0.717) is 22.6 Å². The maximum atomic E-state index is 12.2. The average molecular weight is 364 g/mol. The Labute approximate surface area is 154 Å². The number of aromatic nitrogens is 2. The molecule has 0 bridgehead atoms. The normalized spacial score (nSPS) is 10.8. The van der Waals surface area contributed by atoms with Crippen LogP contribution in [0.15, 0.2) is 12.1 Å². The molecule has 1 aromatic carbocycles. The van der Waals surface area contributed by atoms with E-state index in [-0.39, 0.29) is 18.1 Å². The van der Waals surface area contributed by atoms with Gasteiger partial charge in [0.1, 0.15) is 29.2 Å². The minimum absolute atomic E-state index is 0.00656. The topological polar surface area (TPSA) is 79.7 Å². The van der Waals surface area contributed by atoms with Crippen LogP contribution in [0.5, 0.6) is 5.75 Å². The molecule has 1 heterocycles. The Kier molecular flexibility index (Phi) is 7.18. The molecular formula is C19H28N2O5. The third-order valence-corrected chi connectivity index (χ3v) is 3.37. The zero-order valence-electron chi connectivity index (χ0n) is 16.8. The van der Waals surface area contributed by atoms with Gasteiger partial charge in [0.25, 0.3) is 0 Å². The smallest absolute Gasteiger partial charge is 0.340 e. The van der Waals surface area contributed by atoms with Crippen molar-refractivity contribution in [2.45, 2.75) is 53.7 Å². The summed E-state index contributed by atoms with van der Waals surface area (Å²) in [5.74, 6) is 0.177. The van der Waals surface area contributed by atoms with Crippen molar-refractivity contribution < 1.29 is 23.8 Å². The van der Waals surface area contributed by atoms with Gasteiger partial charge in [-0.3, -0.25) is 4.79 Å². The summed E-state index contributed by atoms with van der Waals surface area (Å²) < 4.78 is 17.1. The largest absolute Gasteiger partial charge is 0.497 e. The Morgan fingerprint density at radius 1 is 1.15 bits per heavy atom. The SMILES string of the molecule is CC.COC(=O)c1cc(OC)cc2c1nc(C)n2CC(=O)OC(C)(C)C. The van der Waals surface area contributed by atoms with Gasteiger partial charge >= 0.3 is 11.9 Å². The van der Waals surface area contributed by atoms with Crippen molar-refractivity contribution in [2.75, 3.05) is 14.2 Å². The molecule has 26 heavy (non-hydrogen) atoms. The summed E-state index contributed by atoms with van der Waals surface area (Å²) in [7, 11) is 2.81. The van der Waals surface area contributed by atoms with Crippen LogP contribution in [0, 0.1) is 6.92 Å². The zero-order valence-corrected chi connectivity index (χ0v) is 16.8. The second-order valence-corrected chi connectivity index (χ2v) is 6.37. The van der Waals surface area contributed by atoms with E-state index in [4.69, 9.17) is 14.2 Å². The van der Waals surface area contributed by atoms with E-state index in [2.05, 4.69) is 4.98 Å². The molecule has 0 unspecified atom stereocenters. The van der Waals surface area contributed by atoms with Crippen LogP contribution in [0.1, 0.15) is 50.8 Å². The maximum Gasteiger partial charge on any atom is 0.340 e. The highest BCUT2D eigenvalue weighted by Gasteiger charge is 2.22. The van der Waals surface area contributed by atoms with Gasteiger partial charge in [-0.25, -0.2) is 9.78 Å². The van der Waals surface area contributed by atoms with Gasteiger partial charge in [-0.05, 0) is 33.8 Å². The summed E-state index contributed by atoms with van der Waals surface area (Å²) in [6.07, 6.45) is 0. The molecule has 0 N–H and O–H groups in total. The van der Waals surface area contributed by atoms with Gasteiger partial charge in [-0.2, -0.15) is 0 Å². The molecule has 2 rings (SSSR count). The second kappa shape index (κ2) is 8.69. The fraction of sp³-hybridized carbons (Fsp3) is 0.526. The van der Waals surface area contributed by atoms with Crippen LogP contribution in [-0.4, -0.2) is 41.3 Å². The lowest BCUT2D eigenvalue weighted by atomic mass is 10.1. The number of methoxy groups -OCH3 is 2. The first-order chi connectivity index (χ1) is 12.2. The molecule has 7 nitrogen and oxygen atoms in total. The second-order valence-electron chi connectivity index (χ2n) is 6.37. The number of ether oxygens (including phenoxy) is 3. The number of esters is 2. The number of fused-ring (bicyclic) bond motifs is 1. The predicted molar refractivity (Wildman–Crippen MR) is 99.6 cm³/mol. The third kappa shape index (κ3) is 4.97. The molecule has 0 spiro atoms. The van der Waals surface area contributed by atoms with Crippen molar-refractivity contribution in [2.24, 2.45) is 0 Å². The van der Waals surface area contributed by atoms with Crippen molar-refractivity contribution in [3.05, 3.63) is 23.5 Å². The molecule has 0 aliphatic rings. The number of hydrogen-bond acceptors (Lipinski definition) is 6. The minimum Gasteiger partial charge on any atom is -0.497 e. The predicted octanol–water partition coefficient (Wildman–Crippen LogP) is 3.51. The van der Waals surface area contributed by atoms with Crippen molar-refractivity contribution >= 4 is 23.0 Å². The Balaban J connectivity index is 0.00000163. The van der Waals surface area contributed by atoms with Crippen LogP contribution in [-0.2, 0) is 20.8 Å². The van der Waals surface area contributed by atoms with Crippen LogP contribution in [0.25, 0.3) is 11.0 Å². The van der Waals surface area contributed by atoms with E-state index in [9.17, 15) is 9.59 Å². The fourth-order valence-corrected chi connectivity index (χ4v) is 2.40. The number of carbonyl (C=O) groups is 2. The number of aryl methyl sites for hydroxylation is 1. The molecule has 2 aromatic rings. The van der Waals surface area contributed by atoms with Crippen LogP contribution >= 0.6 is 0 Å². The molecule has 0 aliphatic heterocycles. The van der Waals surface area contributed by atoms with Crippen LogP contribution in [0.3, 0.4) is 0 Å². The molecule has 0 aliphatic carbocycles. The van der Waals surface area contributed by atoms with E-state index in [0.717, 1.165) is 0 Å². The molecule has 0 saturated carbocycles. The number of imidazole rings is 1. The van der Waals surface area contributed by atoms with Gasteiger partial charge in [0.2, 0.25) is 0 Å². The van der Waals surface area contributed by atoms with Gasteiger partial charge in [0, 0.05) is 6.07 Å². The van der Waals surface area contributed by atoms with Crippen LogP contribution in [0.2, 0.25) is 0 Å².